The summed E-state index contributed by atoms with van der Waals surface area (Å²) in [4.78, 5) is 0. The zero-order valence-electron chi connectivity index (χ0n) is 9.86. The fraction of sp³-hybridized carbons (Fsp3) is 0.333. The van der Waals surface area contributed by atoms with Crippen molar-refractivity contribution in [3.8, 4) is 5.75 Å². The maximum atomic E-state index is 6.09. The van der Waals surface area contributed by atoms with E-state index in [2.05, 4.69) is 6.07 Å². The maximum absolute atomic E-state index is 6.09. The van der Waals surface area contributed by atoms with E-state index in [9.17, 15) is 0 Å². The van der Waals surface area contributed by atoms with Crippen LogP contribution in [0.3, 0.4) is 0 Å². The Morgan fingerprint density at radius 1 is 0.941 bits per heavy atom. The van der Waals surface area contributed by atoms with Gasteiger partial charge in [-0.2, -0.15) is 0 Å². The predicted molar refractivity (Wildman–Crippen MR) is 71.2 cm³/mol. The SMILES string of the molecule is Nc1ccc(OC2CCCC2)c2ccccc12. The van der Waals surface area contributed by atoms with E-state index in [4.69, 9.17) is 10.5 Å². The summed E-state index contributed by atoms with van der Waals surface area (Å²) in [5.74, 6) is 0.974. The summed E-state index contributed by atoms with van der Waals surface area (Å²) in [6.45, 7) is 0. The summed E-state index contributed by atoms with van der Waals surface area (Å²) in [7, 11) is 0. The van der Waals surface area contributed by atoms with Gasteiger partial charge in [0.2, 0.25) is 0 Å². The minimum atomic E-state index is 0.391. The lowest BCUT2D eigenvalue weighted by molar-refractivity contribution is 0.213. The molecule has 1 aliphatic carbocycles. The molecule has 3 rings (SSSR count). The average molecular weight is 227 g/mol. The van der Waals surface area contributed by atoms with E-state index in [-0.39, 0.29) is 0 Å². The van der Waals surface area contributed by atoms with Gasteiger partial charge in [-0.05, 0) is 37.8 Å². The van der Waals surface area contributed by atoms with Gasteiger partial charge in [0.05, 0.1) is 6.10 Å². The Labute approximate surface area is 101 Å². The second kappa shape index (κ2) is 4.28. The molecule has 88 valence electrons. The van der Waals surface area contributed by atoms with Crippen LogP contribution < -0.4 is 10.5 Å². The van der Waals surface area contributed by atoms with Gasteiger partial charge in [-0.15, -0.1) is 0 Å². The molecule has 2 heteroatoms. The third kappa shape index (κ3) is 1.95. The first-order chi connectivity index (χ1) is 8.34. The van der Waals surface area contributed by atoms with Crippen LogP contribution in [0.5, 0.6) is 5.75 Å². The van der Waals surface area contributed by atoms with Crippen molar-refractivity contribution >= 4 is 16.5 Å². The standard InChI is InChI=1S/C15H17NO/c16-14-9-10-15(17-11-5-1-2-6-11)13-8-4-3-7-12(13)14/h3-4,7-11H,1-2,5-6,16H2. The van der Waals surface area contributed by atoms with Crippen molar-refractivity contribution in [3.05, 3.63) is 36.4 Å². The fourth-order valence-electron chi connectivity index (χ4n) is 2.58. The van der Waals surface area contributed by atoms with E-state index in [0.717, 1.165) is 22.2 Å². The number of ether oxygens (including phenoxy) is 1. The summed E-state index contributed by atoms with van der Waals surface area (Å²) in [5.41, 5.74) is 6.80. The maximum Gasteiger partial charge on any atom is 0.127 e. The molecular weight excluding hydrogens is 210 g/mol. The molecule has 1 fully saturated rings. The highest BCUT2D eigenvalue weighted by Crippen LogP contribution is 2.32. The lowest BCUT2D eigenvalue weighted by atomic mass is 10.1. The number of benzene rings is 2. The second-order valence-corrected chi connectivity index (χ2v) is 4.72. The van der Waals surface area contributed by atoms with E-state index in [1.54, 1.807) is 0 Å². The third-order valence-corrected chi connectivity index (χ3v) is 3.51. The van der Waals surface area contributed by atoms with Crippen molar-refractivity contribution < 1.29 is 4.74 Å². The van der Waals surface area contributed by atoms with E-state index in [0.29, 0.717) is 6.10 Å². The van der Waals surface area contributed by atoms with Crippen molar-refractivity contribution in [1.29, 1.82) is 0 Å². The summed E-state index contributed by atoms with van der Waals surface area (Å²) in [5, 5.41) is 2.21. The first-order valence-corrected chi connectivity index (χ1v) is 6.28. The fourth-order valence-corrected chi connectivity index (χ4v) is 2.58. The molecule has 2 aromatic carbocycles. The van der Waals surface area contributed by atoms with Gasteiger partial charge in [-0.3, -0.25) is 0 Å². The van der Waals surface area contributed by atoms with Crippen LogP contribution in [-0.4, -0.2) is 6.10 Å². The highest BCUT2D eigenvalue weighted by Gasteiger charge is 2.17. The smallest absolute Gasteiger partial charge is 0.127 e. The second-order valence-electron chi connectivity index (χ2n) is 4.72. The van der Waals surface area contributed by atoms with Crippen molar-refractivity contribution in [2.75, 3.05) is 5.73 Å². The Bertz CT molecular complexity index is 529. The van der Waals surface area contributed by atoms with E-state index < -0.39 is 0 Å². The van der Waals surface area contributed by atoms with Gasteiger partial charge in [0.15, 0.2) is 0 Å². The molecule has 0 aromatic heterocycles. The van der Waals surface area contributed by atoms with Crippen LogP contribution in [0.25, 0.3) is 10.8 Å². The molecule has 2 N–H and O–H groups in total. The minimum absolute atomic E-state index is 0.391. The minimum Gasteiger partial charge on any atom is -0.490 e. The number of rotatable bonds is 2. The van der Waals surface area contributed by atoms with Crippen molar-refractivity contribution in [1.82, 2.24) is 0 Å². The van der Waals surface area contributed by atoms with Crippen LogP contribution in [-0.2, 0) is 0 Å². The number of fused-ring (bicyclic) bond motifs is 1. The van der Waals surface area contributed by atoms with Crippen LogP contribution in [0.15, 0.2) is 36.4 Å². The van der Waals surface area contributed by atoms with Crippen molar-refractivity contribution in [2.45, 2.75) is 31.8 Å². The van der Waals surface area contributed by atoms with Gasteiger partial charge in [0.1, 0.15) is 5.75 Å². The molecule has 0 bridgehead atoms. The van der Waals surface area contributed by atoms with E-state index in [1.165, 1.54) is 25.7 Å². The number of nitrogens with two attached hydrogens (primary N) is 1. The lowest BCUT2D eigenvalue weighted by Crippen LogP contribution is -2.11. The first-order valence-electron chi connectivity index (χ1n) is 6.28. The summed E-state index contributed by atoms with van der Waals surface area (Å²) < 4.78 is 6.09. The number of nitrogen functional groups attached to an aromatic ring is 1. The van der Waals surface area contributed by atoms with Crippen LogP contribution in [0, 0.1) is 0 Å². The molecule has 0 aliphatic heterocycles. The quantitative estimate of drug-likeness (QED) is 0.793. The summed E-state index contributed by atoms with van der Waals surface area (Å²) in [6.07, 6.45) is 5.33. The normalized spacial score (nSPS) is 16.5. The summed E-state index contributed by atoms with van der Waals surface area (Å²) >= 11 is 0. The summed E-state index contributed by atoms with van der Waals surface area (Å²) in [6, 6.07) is 12.1. The van der Waals surface area contributed by atoms with Crippen LogP contribution in [0.2, 0.25) is 0 Å². The van der Waals surface area contributed by atoms with Gasteiger partial charge < -0.3 is 10.5 Å². The molecular formula is C15H17NO. The molecule has 0 unspecified atom stereocenters. The number of anilines is 1. The van der Waals surface area contributed by atoms with Crippen molar-refractivity contribution in [3.63, 3.8) is 0 Å². The zero-order chi connectivity index (χ0) is 11.7. The first kappa shape index (κ1) is 10.5. The molecule has 0 heterocycles. The Balaban J connectivity index is 2.01. The number of hydrogen-bond donors (Lipinski definition) is 1. The Morgan fingerprint density at radius 3 is 2.41 bits per heavy atom. The van der Waals surface area contributed by atoms with Gasteiger partial charge in [0, 0.05) is 16.5 Å². The Hall–Kier alpha value is -1.70. The molecule has 17 heavy (non-hydrogen) atoms. The topological polar surface area (TPSA) is 35.2 Å². The highest BCUT2D eigenvalue weighted by atomic mass is 16.5. The molecule has 0 atom stereocenters. The monoisotopic (exact) mass is 227 g/mol. The lowest BCUT2D eigenvalue weighted by Gasteiger charge is -2.15. The Kier molecular flexibility index (Phi) is 2.63. The number of hydrogen-bond acceptors (Lipinski definition) is 2. The van der Waals surface area contributed by atoms with Gasteiger partial charge in [-0.1, -0.05) is 24.3 Å². The third-order valence-electron chi connectivity index (χ3n) is 3.51. The molecule has 0 saturated heterocycles. The van der Waals surface area contributed by atoms with E-state index >= 15 is 0 Å². The zero-order valence-corrected chi connectivity index (χ0v) is 9.86. The van der Waals surface area contributed by atoms with Crippen LogP contribution >= 0.6 is 0 Å². The molecule has 2 nitrogen and oxygen atoms in total. The van der Waals surface area contributed by atoms with E-state index in [1.807, 2.05) is 30.3 Å². The van der Waals surface area contributed by atoms with Crippen molar-refractivity contribution in [2.24, 2.45) is 0 Å². The molecule has 2 aromatic rings. The molecule has 0 spiro atoms. The van der Waals surface area contributed by atoms with Crippen LogP contribution in [0.1, 0.15) is 25.7 Å². The predicted octanol–water partition coefficient (Wildman–Crippen LogP) is 3.74. The highest BCUT2D eigenvalue weighted by molar-refractivity contribution is 5.96. The molecule has 1 saturated carbocycles. The largest absolute Gasteiger partial charge is 0.490 e. The van der Waals surface area contributed by atoms with Crippen LogP contribution in [0.4, 0.5) is 5.69 Å². The Morgan fingerprint density at radius 2 is 1.65 bits per heavy atom. The van der Waals surface area contributed by atoms with Gasteiger partial charge in [-0.25, -0.2) is 0 Å². The van der Waals surface area contributed by atoms with Gasteiger partial charge in [0.25, 0.3) is 0 Å². The molecule has 0 amide bonds. The molecule has 0 radical (unpaired) electrons. The molecule has 1 aliphatic rings. The average Bonchev–Trinajstić information content (AvgIpc) is 2.86. The van der Waals surface area contributed by atoms with Gasteiger partial charge >= 0.3 is 0 Å².